The summed E-state index contributed by atoms with van der Waals surface area (Å²) in [5.74, 6) is 1.15. The summed E-state index contributed by atoms with van der Waals surface area (Å²) in [5.41, 5.74) is 1.67. The Morgan fingerprint density at radius 2 is 2.17 bits per heavy atom. The minimum atomic E-state index is -0.337. The molecule has 0 amide bonds. The number of para-hydroxylation sites is 1. The number of anilines is 1. The van der Waals surface area contributed by atoms with E-state index in [-0.39, 0.29) is 5.82 Å². The molecule has 4 aromatic rings. The van der Waals surface area contributed by atoms with E-state index in [1.54, 1.807) is 34.1 Å². The van der Waals surface area contributed by atoms with Crippen molar-refractivity contribution >= 4 is 28.1 Å². The fraction of sp³-hybridized carbons (Fsp3) is 0.190. The number of halogens is 1. The number of ether oxygens (including phenoxy) is 1. The van der Waals surface area contributed by atoms with Crippen molar-refractivity contribution in [1.82, 2.24) is 14.5 Å². The highest BCUT2D eigenvalue weighted by atomic mass is 32.1. The average Bonchev–Trinajstić information content (AvgIpc) is 3.34. The van der Waals surface area contributed by atoms with E-state index in [1.807, 2.05) is 24.4 Å². The summed E-state index contributed by atoms with van der Waals surface area (Å²) in [7, 11) is 0. The molecule has 1 aromatic carbocycles. The maximum Gasteiger partial charge on any atom is 0.147 e. The molecule has 0 atom stereocenters. The van der Waals surface area contributed by atoms with Crippen LogP contribution in [0.5, 0.6) is 5.75 Å². The van der Waals surface area contributed by atoms with Crippen molar-refractivity contribution in [2.45, 2.75) is 13.5 Å². The molecular weight excluding hydrogens is 389 g/mol. The quantitative estimate of drug-likeness (QED) is 0.481. The zero-order valence-corrected chi connectivity index (χ0v) is 16.5. The molecule has 0 fully saturated rings. The number of nitriles is 1. The number of fused-ring (bicyclic) bond motifs is 1. The second-order valence-corrected chi connectivity index (χ2v) is 7.18. The molecule has 0 spiro atoms. The van der Waals surface area contributed by atoms with Gasteiger partial charge in [-0.25, -0.2) is 14.4 Å². The number of hydrogen-bond donors (Lipinski definition) is 1. The molecule has 0 saturated carbocycles. The molecule has 6 nitrogen and oxygen atoms in total. The molecule has 0 aliphatic rings. The van der Waals surface area contributed by atoms with Crippen LogP contribution < -0.4 is 10.1 Å². The first-order valence-electron chi connectivity index (χ1n) is 9.15. The van der Waals surface area contributed by atoms with Gasteiger partial charge in [-0.3, -0.25) is 0 Å². The topological polar surface area (TPSA) is 75.8 Å². The maximum atomic E-state index is 14.3. The Kier molecular flexibility index (Phi) is 5.40. The summed E-state index contributed by atoms with van der Waals surface area (Å²) in [5, 5.41) is 15.3. The van der Waals surface area contributed by atoms with E-state index in [1.165, 1.54) is 12.4 Å². The highest BCUT2D eigenvalue weighted by molar-refractivity contribution is 7.13. The second kappa shape index (κ2) is 8.29. The number of nitrogens with one attached hydrogen (secondary N) is 1. The van der Waals surface area contributed by atoms with Crippen LogP contribution in [-0.2, 0) is 6.54 Å². The second-order valence-electron chi connectivity index (χ2n) is 6.27. The molecule has 0 bridgehead atoms. The third-order valence-corrected chi connectivity index (χ3v) is 5.36. The van der Waals surface area contributed by atoms with Crippen LogP contribution >= 0.6 is 11.3 Å². The van der Waals surface area contributed by atoms with Gasteiger partial charge in [-0.1, -0.05) is 12.1 Å². The van der Waals surface area contributed by atoms with Crippen LogP contribution in [0.4, 0.5) is 10.2 Å². The van der Waals surface area contributed by atoms with E-state index in [0.29, 0.717) is 42.1 Å². The first kappa shape index (κ1) is 18.9. The van der Waals surface area contributed by atoms with Gasteiger partial charge in [0.15, 0.2) is 0 Å². The molecule has 29 heavy (non-hydrogen) atoms. The Bertz CT molecular complexity index is 1190. The smallest absolute Gasteiger partial charge is 0.147 e. The van der Waals surface area contributed by atoms with E-state index in [4.69, 9.17) is 4.74 Å². The van der Waals surface area contributed by atoms with E-state index in [0.717, 1.165) is 16.3 Å². The Balaban J connectivity index is 1.49. The van der Waals surface area contributed by atoms with E-state index in [9.17, 15) is 9.65 Å². The predicted molar refractivity (Wildman–Crippen MR) is 112 cm³/mol. The minimum Gasteiger partial charge on any atom is -0.493 e. The van der Waals surface area contributed by atoms with Gasteiger partial charge < -0.3 is 14.6 Å². The van der Waals surface area contributed by atoms with Gasteiger partial charge in [-0.15, -0.1) is 11.3 Å². The van der Waals surface area contributed by atoms with E-state index < -0.39 is 0 Å². The van der Waals surface area contributed by atoms with Crippen molar-refractivity contribution in [3.05, 3.63) is 59.6 Å². The molecule has 0 unspecified atom stereocenters. The molecule has 3 heterocycles. The van der Waals surface area contributed by atoms with Gasteiger partial charge in [-0.05, 0) is 19.1 Å². The first-order valence-corrected chi connectivity index (χ1v) is 10.0. The van der Waals surface area contributed by atoms with Gasteiger partial charge in [0, 0.05) is 36.0 Å². The Morgan fingerprint density at radius 1 is 1.28 bits per heavy atom. The molecule has 0 saturated heterocycles. The van der Waals surface area contributed by atoms with Crippen molar-refractivity contribution in [3.8, 4) is 22.4 Å². The molecule has 146 valence electrons. The van der Waals surface area contributed by atoms with E-state index >= 15 is 0 Å². The van der Waals surface area contributed by atoms with Gasteiger partial charge in [0.2, 0.25) is 0 Å². The number of nitrogens with zero attached hydrogens (tertiary/aromatic N) is 4. The summed E-state index contributed by atoms with van der Waals surface area (Å²) < 4.78 is 21.5. The lowest BCUT2D eigenvalue weighted by Crippen LogP contribution is -2.13. The fourth-order valence-corrected chi connectivity index (χ4v) is 3.98. The van der Waals surface area contributed by atoms with Gasteiger partial charge in [0.25, 0.3) is 0 Å². The molecular formula is C21H18FN5OS. The molecule has 0 radical (unpaired) electrons. The van der Waals surface area contributed by atoms with Crippen molar-refractivity contribution in [2.75, 3.05) is 18.5 Å². The third kappa shape index (κ3) is 3.91. The molecule has 1 N–H and O–H groups in total. The number of hydrogen-bond acceptors (Lipinski definition) is 6. The number of benzene rings is 1. The predicted octanol–water partition coefficient (Wildman–Crippen LogP) is 4.68. The van der Waals surface area contributed by atoms with Crippen molar-refractivity contribution in [3.63, 3.8) is 0 Å². The highest BCUT2D eigenvalue weighted by Gasteiger charge is 2.12. The van der Waals surface area contributed by atoms with Gasteiger partial charge in [0.1, 0.15) is 35.5 Å². The fourth-order valence-electron chi connectivity index (χ4n) is 3.18. The summed E-state index contributed by atoms with van der Waals surface area (Å²) >= 11 is 1.56. The molecule has 3 aromatic heterocycles. The van der Waals surface area contributed by atoms with Crippen molar-refractivity contribution < 1.29 is 9.13 Å². The monoisotopic (exact) mass is 407 g/mol. The average molecular weight is 407 g/mol. The summed E-state index contributed by atoms with van der Waals surface area (Å²) in [6, 6.07) is 12.5. The van der Waals surface area contributed by atoms with Gasteiger partial charge in [-0.2, -0.15) is 5.26 Å². The summed E-state index contributed by atoms with van der Waals surface area (Å²) in [6.07, 6.45) is 1.50. The Hall–Kier alpha value is -3.44. The highest BCUT2D eigenvalue weighted by Crippen LogP contribution is 2.30. The van der Waals surface area contributed by atoms with Gasteiger partial charge >= 0.3 is 0 Å². The zero-order chi connectivity index (χ0) is 20.2. The largest absolute Gasteiger partial charge is 0.493 e. The van der Waals surface area contributed by atoms with E-state index in [2.05, 4.69) is 21.4 Å². The number of rotatable bonds is 7. The summed E-state index contributed by atoms with van der Waals surface area (Å²) in [6.45, 7) is 3.48. The Labute approximate surface area is 171 Å². The van der Waals surface area contributed by atoms with Crippen LogP contribution in [0, 0.1) is 17.1 Å². The van der Waals surface area contributed by atoms with Crippen LogP contribution in [0.2, 0.25) is 0 Å². The van der Waals surface area contributed by atoms with Crippen LogP contribution in [0.1, 0.15) is 12.6 Å². The lowest BCUT2D eigenvalue weighted by Gasteiger charge is -2.10. The van der Waals surface area contributed by atoms with Crippen molar-refractivity contribution in [1.29, 1.82) is 5.26 Å². The number of thiophene rings is 1. The van der Waals surface area contributed by atoms with Crippen LogP contribution in [0.15, 0.2) is 48.1 Å². The maximum absolute atomic E-state index is 14.3. The van der Waals surface area contributed by atoms with Gasteiger partial charge in [0.05, 0.1) is 22.7 Å². The van der Waals surface area contributed by atoms with Crippen LogP contribution in [0.25, 0.3) is 21.5 Å². The molecule has 0 aliphatic heterocycles. The lowest BCUT2D eigenvalue weighted by molar-refractivity contribution is 0.342. The normalized spacial score (nSPS) is 10.8. The molecule has 4 rings (SSSR count). The summed E-state index contributed by atoms with van der Waals surface area (Å²) in [4.78, 5) is 9.57. The standard InChI is InChI=1S/C21H18FN5OS/c1-2-28-16-9-19(29-12-16)18-10-20(26-13-25-18)24-6-7-27-15(11-23)8-14-4-3-5-17(22)21(14)27/h3-5,8-10,12-13H,2,6-7H2,1H3,(H,24,25,26). The van der Waals surface area contributed by atoms with Crippen LogP contribution in [0.3, 0.4) is 0 Å². The van der Waals surface area contributed by atoms with Crippen LogP contribution in [-0.4, -0.2) is 27.7 Å². The minimum absolute atomic E-state index is 0.337. The van der Waals surface area contributed by atoms with Crippen molar-refractivity contribution in [2.24, 2.45) is 0 Å². The third-order valence-electron chi connectivity index (χ3n) is 4.43. The first-order chi connectivity index (χ1) is 14.2. The number of aromatic nitrogens is 3. The SMILES string of the molecule is CCOc1csc(-c2cc(NCCn3c(C#N)cc4cccc(F)c43)ncn2)c1. The lowest BCUT2D eigenvalue weighted by atomic mass is 10.2. The molecule has 0 aliphatic carbocycles. The molecule has 8 heteroatoms. The Morgan fingerprint density at radius 3 is 3.00 bits per heavy atom. The zero-order valence-electron chi connectivity index (χ0n) is 15.7.